The zero-order valence-corrected chi connectivity index (χ0v) is 12.0. The van der Waals surface area contributed by atoms with E-state index in [1.165, 1.54) is 12.3 Å². The van der Waals surface area contributed by atoms with Crippen LogP contribution in [0.3, 0.4) is 0 Å². The maximum atomic E-state index is 12.4. The molecule has 1 nitrogen and oxygen atoms in total. The van der Waals surface area contributed by atoms with Crippen LogP contribution in [0.15, 0.2) is 30.5 Å². The van der Waals surface area contributed by atoms with Gasteiger partial charge in [0.2, 0.25) is 0 Å². The van der Waals surface area contributed by atoms with Crippen LogP contribution in [0.2, 0.25) is 0 Å². The second-order valence-electron chi connectivity index (χ2n) is 3.36. The molecule has 0 amide bonds. The highest BCUT2D eigenvalue weighted by molar-refractivity contribution is 5.82. The molecule has 106 valence electrons. The molecule has 0 unspecified atom stereocenters. The van der Waals surface area contributed by atoms with Crippen molar-refractivity contribution in [2.24, 2.45) is 0 Å². The second-order valence-corrected chi connectivity index (χ2v) is 3.36. The fourth-order valence-electron chi connectivity index (χ4n) is 1.47. The molecule has 1 aromatic carbocycles. The number of rotatable bonds is 0. The molecule has 0 N–H and O–H groups in total. The molecule has 0 bridgehead atoms. The third kappa shape index (κ3) is 4.54. The monoisotopic (exact) mass is 271 g/mol. The molecule has 0 spiro atoms. The van der Waals surface area contributed by atoms with Gasteiger partial charge in [-0.05, 0) is 30.7 Å². The first-order chi connectivity index (χ1) is 8.98. The van der Waals surface area contributed by atoms with E-state index in [0.29, 0.717) is 5.52 Å². The first kappa shape index (κ1) is 17.4. The van der Waals surface area contributed by atoms with E-state index in [2.05, 4.69) is 4.98 Å². The van der Waals surface area contributed by atoms with Gasteiger partial charge in [-0.15, -0.1) is 0 Å². The van der Waals surface area contributed by atoms with E-state index < -0.39 is 11.7 Å². The van der Waals surface area contributed by atoms with Crippen LogP contribution < -0.4 is 0 Å². The molecule has 0 atom stereocenters. The molecule has 19 heavy (non-hydrogen) atoms. The minimum absolute atomic E-state index is 0.379. The Morgan fingerprint density at radius 2 is 1.53 bits per heavy atom. The van der Waals surface area contributed by atoms with E-state index in [0.717, 1.165) is 23.1 Å². The smallest absolute Gasteiger partial charge is 0.256 e. The molecular formula is C15H20F3N. The molecule has 0 fully saturated rings. The normalized spacial score (nSPS) is 10.1. The summed E-state index contributed by atoms with van der Waals surface area (Å²) in [4.78, 5) is 3.92. The van der Waals surface area contributed by atoms with Crippen LogP contribution in [0.4, 0.5) is 13.2 Å². The van der Waals surface area contributed by atoms with E-state index in [-0.39, 0.29) is 0 Å². The number of hydrogen-bond acceptors (Lipinski definition) is 1. The molecule has 2 aromatic rings. The minimum Gasteiger partial charge on any atom is -0.256 e. The van der Waals surface area contributed by atoms with Crippen molar-refractivity contribution < 1.29 is 13.2 Å². The maximum Gasteiger partial charge on any atom is 0.416 e. The number of alkyl halides is 3. The van der Waals surface area contributed by atoms with Gasteiger partial charge < -0.3 is 0 Å². The predicted molar refractivity (Wildman–Crippen MR) is 74.2 cm³/mol. The lowest BCUT2D eigenvalue weighted by atomic mass is 10.1. The summed E-state index contributed by atoms with van der Waals surface area (Å²) in [6.07, 6.45) is -2.79. The van der Waals surface area contributed by atoms with Crippen molar-refractivity contribution in [3.05, 3.63) is 41.6 Å². The van der Waals surface area contributed by atoms with E-state index in [4.69, 9.17) is 0 Å². The Balaban J connectivity index is 0.000000741. The van der Waals surface area contributed by atoms with Crippen molar-refractivity contribution in [1.29, 1.82) is 0 Å². The van der Waals surface area contributed by atoms with Gasteiger partial charge in [-0.2, -0.15) is 13.2 Å². The van der Waals surface area contributed by atoms with Gasteiger partial charge in [0, 0.05) is 11.6 Å². The van der Waals surface area contributed by atoms with E-state index >= 15 is 0 Å². The number of hydrogen-bond donors (Lipinski definition) is 0. The number of aromatic nitrogens is 1. The van der Waals surface area contributed by atoms with Gasteiger partial charge in [0.15, 0.2) is 0 Å². The molecule has 2 rings (SSSR count). The number of halogens is 3. The van der Waals surface area contributed by atoms with Crippen LogP contribution in [-0.2, 0) is 6.18 Å². The predicted octanol–water partition coefficient (Wildman–Crippen LogP) is 5.61. The van der Waals surface area contributed by atoms with Crippen LogP contribution in [0, 0.1) is 6.92 Å². The molecular weight excluding hydrogens is 251 g/mol. The molecule has 0 aliphatic heterocycles. The first-order valence-corrected chi connectivity index (χ1v) is 6.41. The molecule has 0 aliphatic rings. The lowest BCUT2D eigenvalue weighted by Crippen LogP contribution is -2.04. The van der Waals surface area contributed by atoms with Gasteiger partial charge in [0.05, 0.1) is 11.1 Å². The van der Waals surface area contributed by atoms with Crippen molar-refractivity contribution in [2.45, 2.75) is 40.8 Å². The number of aryl methyl sites for hydroxylation is 1. The topological polar surface area (TPSA) is 12.9 Å². The van der Waals surface area contributed by atoms with Gasteiger partial charge in [-0.1, -0.05) is 33.8 Å². The largest absolute Gasteiger partial charge is 0.416 e. The van der Waals surface area contributed by atoms with E-state index in [1.807, 2.05) is 34.6 Å². The van der Waals surface area contributed by atoms with E-state index in [1.54, 1.807) is 6.07 Å². The fraction of sp³-hybridized carbons (Fsp3) is 0.400. The highest BCUT2D eigenvalue weighted by Gasteiger charge is 2.30. The third-order valence-electron chi connectivity index (χ3n) is 2.29. The highest BCUT2D eigenvalue weighted by Crippen LogP contribution is 2.31. The summed E-state index contributed by atoms with van der Waals surface area (Å²) in [5, 5.41) is 0.755. The van der Waals surface area contributed by atoms with E-state index in [9.17, 15) is 13.2 Å². The second kappa shape index (κ2) is 7.77. The summed E-state index contributed by atoms with van der Waals surface area (Å²) < 4.78 is 37.2. The van der Waals surface area contributed by atoms with Gasteiger partial charge in [0.25, 0.3) is 0 Å². The van der Waals surface area contributed by atoms with Crippen molar-refractivity contribution in [1.82, 2.24) is 4.98 Å². The van der Waals surface area contributed by atoms with Gasteiger partial charge in [-0.25, -0.2) is 0 Å². The van der Waals surface area contributed by atoms with Gasteiger partial charge in [0.1, 0.15) is 0 Å². The zero-order valence-electron chi connectivity index (χ0n) is 12.0. The summed E-state index contributed by atoms with van der Waals surface area (Å²) >= 11 is 0. The van der Waals surface area contributed by atoms with Crippen molar-refractivity contribution in [3.63, 3.8) is 0 Å². The van der Waals surface area contributed by atoms with Crippen LogP contribution in [0.25, 0.3) is 10.9 Å². The Labute approximate surface area is 112 Å². The summed E-state index contributed by atoms with van der Waals surface area (Å²) in [5.41, 5.74) is 0.645. The fourth-order valence-corrected chi connectivity index (χ4v) is 1.47. The number of benzene rings is 1. The Morgan fingerprint density at radius 1 is 0.947 bits per heavy atom. The molecule has 0 radical (unpaired) electrons. The van der Waals surface area contributed by atoms with Crippen LogP contribution >= 0.6 is 0 Å². The lowest BCUT2D eigenvalue weighted by Gasteiger charge is -2.07. The Kier molecular flexibility index (Phi) is 7.12. The van der Waals surface area contributed by atoms with Crippen molar-refractivity contribution in [3.8, 4) is 0 Å². The lowest BCUT2D eigenvalue weighted by molar-refractivity contribution is -0.137. The zero-order chi connectivity index (χ0) is 15.1. The molecule has 4 heteroatoms. The molecule has 0 saturated carbocycles. The molecule has 0 saturated heterocycles. The van der Waals surface area contributed by atoms with Crippen molar-refractivity contribution in [2.75, 3.05) is 0 Å². The number of pyridine rings is 1. The summed E-state index contributed by atoms with van der Waals surface area (Å²) in [5.74, 6) is 0. The van der Waals surface area contributed by atoms with Crippen LogP contribution in [-0.4, -0.2) is 4.98 Å². The van der Waals surface area contributed by atoms with Gasteiger partial charge >= 0.3 is 6.18 Å². The minimum atomic E-state index is -4.31. The average Bonchev–Trinajstić information content (AvgIpc) is 2.42. The Bertz CT molecular complexity index is 504. The SMILES string of the molecule is CC.CC.Cc1ccnc2cc(C(F)(F)F)ccc12. The highest BCUT2D eigenvalue weighted by atomic mass is 19.4. The van der Waals surface area contributed by atoms with Gasteiger partial charge in [-0.3, -0.25) is 4.98 Å². The standard InChI is InChI=1S/C11H8F3N.2C2H6/c1-7-4-5-15-10-6-8(11(12,13)14)2-3-9(7)10;2*1-2/h2-6H,1H3;2*1-2H3. The summed E-state index contributed by atoms with van der Waals surface area (Å²) in [6, 6.07) is 5.38. The van der Waals surface area contributed by atoms with Crippen LogP contribution in [0.5, 0.6) is 0 Å². The number of nitrogens with zero attached hydrogens (tertiary/aromatic N) is 1. The average molecular weight is 271 g/mol. The molecule has 1 aromatic heterocycles. The summed E-state index contributed by atoms with van der Waals surface area (Å²) in [7, 11) is 0. The molecule has 1 heterocycles. The summed E-state index contributed by atoms with van der Waals surface area (Å²) in [6.45, 7) is 9.84. The maximum absolute atomic E-state index is 12.4. The first-order valence-electron chi connectivity index (χ1n) is 6.41. The molecule has 0 aliphatic carbocycles. The number of fused-ring (bicyclic) bond motifs is 1. The third-order valence-corrected chi connectivity index (χ3v) is 2.29. The Hall–Kier alpha value is -1.58. The van der Waals surface area contributed by atoms with Crippen LogP contribution in [0.1, 0.15) is 38.8 Å². The quantitative estimate of drug-likeness (QED) is 0.606. The van der Waals surface area contributed by atoms with Crippen molar-refractivity contribution >= 4 is 10.9 Å². The Morgan fingerprint density at radius 3 is 2.05 bits per heavy atom.